The molecule has 1 rings (SSSR count). The number of phenolic OH excluding ortho intramolecular Hbond substituents is 1. The van der Waals surface area contributed by atoms with E-state index in [0.29, 0.717) is 10.6 Å². The fourth-order valence-corrected chi connectivity index (χ4v) is 1.50. The number of hydrogen-bond acceptors (Lipinski definition) is 2. The van der Waals surface area contributed by atoms with Crippen LogP contribution < -0.4 is 0 Å². The van der Waals surface area contributed by atoms with Gasteiger partial charge in [-0.2, -0.15) is 0 Å². The molecule has 0 amide bonds. The van der Waals surface area contributed by atoms with E-state index in [-0.39, 0.29) is 18.8 Å². The van der Waals surface area contributed by atoms with Gasteiger partial charge in [0, 0.05) is 17.1 Å². The summed E-state index contributed by atoms with van der Waals surface area (Å²) in [5.41, 5.74) is 0.474. The highest BCUT2D eigenvalue weighted by Gasteiger charge is 2.12. The van der Waals surface area contributed by atoms with E-state index in [0.717, 1.165) is 0 Å². The number of hydrogen-bond donors (Lipinski definition) is 1. The summed E-state index contributed by atoms with van der Waals surface area (Å²) in [7, 11) is 1.55. The molecule has 0 fully saturated rings. The van der Waals surface area contributed by atoms with E-state index in [1.54, 1.807) is 19.2 Å². The Hall–Kier alpha value is -0.870. The van der Waals surface area contributed by atoms with E-state index in [9.17, 15) is 13.9 Å². The molecule has 5 heteroatoms. The highest BCUT2D eigenvalue weighted by atomic mass is 35.5. The lowest BCUT2D eigenvalue weighted by molar-refractivity contribution is 0.0972. The summed E-state index contributed by atoms with van der Waals surface area (Å²) in [4.78, 5) is 1.41. The number of benzene rings is 1. The van der Waals surface area contributed by atoms with Gasteiger partial charge in [0.05, 0.1) is 6.54 Å². The van der Waals surface area contributed by atoms with Gasteiger partial charge < -0.3 is 5.11 Å². The molecule has 0 atom stereocenters. The summed E-state index contributed by atoms with van der Waals surface area (Å²) in [6, 6.07) is 4.71. The maximum atomic E-state index is 12.1. The summed E-state index contributed by atoms with van der Waals surface area (Å²) in [5, 5.41) is 9.86. The summed E-state index contributed by atoms with van der Waals surface area (Å²) in [6.45, 7) is -0.138. The fraction of sp³-hybridized carbons (Fsp3) is 0.400. The molecule has 0 aliphatic carbocycles. The van der Waals surface area contributed by atoms with Crippen molar-refractivity contribution in [3.63, 3.8) is 0 Å². The zero-order chi connectivity index (χ0) is 11.4. The van der Waals surface area contributed by atoms with Gasteiger partial charge in [-0.05, 0) is 19.2 Å². The van der Waals surface area contributed by atoms with Crippen LogP contribution >= 0.6 is 11.6 Å². The predicted molar refractivity (Wildman–Crippen MR) is 55.5 cm³/mol. The van der Waals surface area contributed by atoms with Crippen molar-refractivity contribution < 1.29 is 13.9 Å². The lowest BCUT2D eigenvalue weighted by atomic mass is 10.2. The van der Waals surface area contributed by atoms with Crippen molar-refractivity contribution in [2.75, 3.05) is 13.6 Å². The van der Waals surface area contributed by atoms with E-state index < -0.39 is 6.43 Å². The molecule has 2 nitrogen and oxygen atoms in total. The molecule has 0 radical (unpaired) electrons. The summed E-state index contributed by atoms with van der Waals surface area (Å²) in [6.07, 6.45) is -2.39. The molecule has 0 unspecified atom stereocenters. The maximum absolute atomic E-state index is 12.1. The van der Waals surface area contributed by atoms with Crippen LogP contribution in [0.5, 0.6) is 5.75 Å². The maximum Gasteiger partial charge on any atom is 0.251 e. The SMILES string of the molecule is CN(Cc1c(O)cccc1Cl)CC(F)F. The number of rotatable bonds is 4. The zero-order valence-corrected chi connectivity index (χ0v) is 9.01. The molecule has 1 aromatic carbocycles. The average molecular weight is 236 g/mol. The molecule has 0 aliphatic heterocycles. The second-order valence-corrected chi connectivity index (χ2v) is 3.73. The number of alkyl halides is 2. The van der Waals surface area contributed by atoms with Gasteiger partial charge in [-0.3, -0.25) is 4.90 Å². The monoisotopic (exact) mass is 235 g/mol. The van der Waals surface area contributed by atoms with Crippen LogP contribution in [0.15, 0.2) is 18.2 Å². The largest absolute Gasteiger partial charge is 0.508 e. The predicted octanol–water partition coefficient (Wildman–Crippen LogP) is 2.74. The average Bonchev–Trinajstić information content (AvgIpc) is 2.10. The van der Waals surface area contributed by atoms with Gasteiger partial charge in [-0.15, -0.1) is 0 Å². The van der Waals surface area contributed by atoms with Gasteiger partial charge in [-0.1, -0.05) is 17.7 Å². The zero-order valence-electron chi connectivity index (χ0n) is 8.25. The van der Waals surface area contributed by atoms with E-state index in [1.807, 2.05) is 0 Å². The van der Waals surface area contributed by atoms with Crippen molar-refractivity contribution in [3.8, 4) is 5.75 Å². The van der Waals surface area contributed by atoms with Crippen LogP contribution in [0, 0.1) is 0 Å². The standard InChI is InChI=1S/C10H12ClF2NO/c1-14(6-10(12)13)5-7-8(11)3-2-4-9(7)15/h2-4,10,15H,5-6H2,1H3. The summed E-state index contributed by atoms with van der Waals surface area (Å²) < 4.78 is 24.1. The first-order chi connectivity index (χ1) is 7.00. The first-order valence-electron chi connectivity index (χ1n) is 4.43. The second-order valence-electron chi connectivity index (χ2n) is 3.33. The van der Waals surface area contributed by atoms with Gasteiger partial charge in [0.2, 0.25) is 0 Å². The second kappa shape index (κ2) is 5.28. The lowest BCUT2D eigenvalue weighted by Gasteiger charge is -2.17. The molecule has 15 heavy (non-hydrogen) atoms. The van der Waals surface area contributed by atoms with Crippen molar-refractivity contribution in [2.45, 2.75) is 13.0 Å². The quantitative estimate of drug-likeness (QED) is 0.868. The molecule has 0 bridgehead atoms. The van der Waals surface area contributed by atoms with Gasteiger partial charge >= 0.3 is 0 Å². The highest BCUT2D eigenvalue weighted by Crippen LogP contribution is 2.26. The van der Waals surface area contributed by atoms with Crippen LogP contribution in [-0.2, 0) is 6.54 Å². The summed E-state index contributed by atoms with van der Waals surface area (Å²) in [5.74, 6) is 0.0311. The van der Waals surface area contributed by atoms with Crippen LogP contribution in [-0.4, -0.2) is 30.0 Å². The third-order valence-corrected chi connectivity index (χ3v) is 2.33. The first-order valence-corrected chi connectivity index (χ1v) is 4.81. The Morgan fingerprint density at radius 1 is 1.47 bits per heavy atom. The molecule has 1 N–H and O–H groups in total. The molecular formula is C10H12ClF2NO. The van der Waals surface area contributed by atoms with Crippen LogP contribution in [0.3, 0.4) is 0 Å². The van der Waals surface area contributed by atoms with Crippen molar-refractivity contribution in [3.05, 3.63) is 28.8 Å². The Bertz CT molecular complexity index is 313. The van der Waals surface area contributed by atoms with E-state index in [2.05, 4.69) is 0 Å². The number of halogens is 3. The molecule has 0 saturated carbocycles. The van der Waals surface area contributed by atoms with Gasteiger partial charge in [0.1, 0.15) is 5.75 Å². The highest BCUT2D eigenvalue weighted by molar-refractivity contribution is 6.31. The molecule has 0 aliphatic rings. The molecule has 0 heterocycles. The van der Waals surface area contributed by atoms with Crippen molar-refractivity contribution in [1.82, 2.24) is 4.90 Å². The molecule has 0 spiro atoms. The van der Waals surface area contributed by atoms with Gasteiger partial charge in [0.25, 0.3) is 6.43 Å². The lowest BCUT2D eigenvalue weighted by Crippen LogP contribution is -2.24. The Morgan fingerprint density at radius 2 is 2.13 bits per heavy atom. The number of nitrogens with zero attached hydrogens (tertiary/aromatic N) is 1. The summed E-state index contributed by atoms with van der Waals surface area (Å²) >= 11 is 5.84. The Kier molecular flexibility index (Phi) is 4.29. The van der Waals surface area contributed by atoms with Crippen LogP contribution in [0.25, 0.3) is 0 Å². The Balaban J connectivity index is 2.71. The van der Waals surface area contributed by atoms with Gasteiger partial charge in [-0.25, -0.2) is 8.78 Å². The molecular weight excluding hydrogens is 224 g/mol. The normalized spacial score (nSPS) is 11.3. The smallest absolute Gasteiger partial charge is 0.251 e. The van der Waals surface area contributed by atoms with Gasteiger partial charge in [0.15, 0.2) is 0 Å². The molecule has 0 aromatic heterocycles. The van der Waals surface area contributed by atoms with Crippen LogP contribution in [0.1, 0.15) is 5.56 Å². The fourth-order valence-electron chi connectivity index (χ4n) is 1.27. The van der Waals surface area contributed by atoms with E-state index in [1.165, 1.54) is 11.0 Å². The van der Waals surface area contributed by atoms with Crippen molar-refractivity contribution >= 4 is 11.6 Å². The Labute approximate surface area is 92.1 Å². The van der Waals surface area contributed by atoms with Crippen LogP contribution in [0.4, 0.5) is 8.78 Å². The molecule has 84 valence electrons. The minimum Gasteiger partial charge on any atom is -0.508 e. The first kappa shape index (κ1) is 12.2. The van der Waals surface area contributed by atoms with E-state index in [4.69, 9.17) is 11.6 Å². The Morgan fingerprint density at radius 3 is 2.67 bits per heavy atom. The van der Waals surface area contributed by atoms with Crippen molar-refractivity contribution in [1.29, 1.82) is 0 Å². The number of aromatic hydroxyl groups is 1. The minimum atomic E-state index is -2.39. The molecule has 1 aromatic rings. The third-order valence-electron chi connectivity index (χ3n) is 1.97. The van der Waals surface area contributed by atoms with Crippen LogP contribution in [0.2, 0.25) is 5.02 Å². The third kappa shape index (κ3) is 3.64. The molecule has 0 saturated heterocycles. The minimum absolute atomic E-state index is 0.0311. The van der Waals surface area contributed by atoms with Crippen molar-refractivity contribution in [2.24, 2.45) is 0 Å². The topological polar surface area (TPSA) is 23.5 Å². The van der Waals surface area contributed by atoms with E-state index >= 15 is 0 Å². The number of phenols is 1.